The first-order valence-electron chi connectivity index (χ1n) is 20.9. The van der Waals surface area contributed by atoms with Crippen LogP contribution in [0.3, 0.4) is 0 Å². The third-order valence-corrected chi connectivity index (χ3v) is 7.41. The number of ether oxygens (including phenoxy) is 9. The van der Waals surface area contributed by atoms with Crippen LogP contribution in [0.5, 0.6) is 0 Å². The van der Waals surface area contributed by atoms with E-state index >= 15 is 0 Å². The minimum absolute atomic E-state index is 0. The molecule has 0 amide bonds. The number of esters is 3. The molecule has 0 saturated heterocycles. The molecule has 0 aliphatic heterocycles. The molecule has 0 saturated carbocycles. The number of aliphatic hydroxyl groups excluding tert-OH is 3. The molecule has 15 nitrogen and oxygen atoms in total. The Kier molecular flexibility index (Phi) is 53.1. The Balaban J connectivity index is -0.000000142. The van der Waals surface area contributed by atoms with Crippen molar-refractivity contribution in [3.63, 3.8) is 0 Å². The van der Waals surface area contributed by atoms with Gasteiger partial charge in [0.15, 0.2) is 0 Å². The Bertz CT molecular complexity index is 985. The van der Waals surface area contributed by atoms with E-state index in [1.807, 2.05) is 83.1 Å². The largest absolute Gasteiger partial charge is 0.460 e. The number of hydrogen-bond acceptors (Lipinski definition) is 15. The molecule has 0 fully saturated rings. The van der Waals surface area contributed by atoms with Crippen molar-refractivity contribution in [1.29, 1.82) is 0 Å². The number of unbranched alkanes of at least 4 members (excludes halogenated alkanes) is 1. The molecule has 15 heteroatoms. The quantitative estimate of drug-likeness (QED) is 0.0354. The lowest BCUT2D eigenvalue weighted by Crippen LogP contribution is -2.34. The summed E-state index contributed by atoms with van der Waals surface area (Å²) in [6.07, 6.45) is 4.83. The first-order valence-corrected chi connectivity index (χ1v) is 20.9. The van der Waals surface area contributed by atoms with Crippen LogP contribution < -0.4 is 0 Å². The third-order valence-electron chi connectivity index (χ3n) is 7.41. The molecule has 0 aromatic rings. The summed E-state index contributed by atoms with van der Waals surface area (Å²) < 4.78 is 47.4. The summed E-state index contributed by atoms with van der Waals surface area (Å²) in [4.78, 5) is 35.7. The SMILES string of the molecule is C.C.C.C.CC(C)(C)OC(=O)C(C)(C)CCOCCOCCO.CC(CCOCCOCCO)C(=O)OC(C)(C)C.CCCCC(CCOCCOCCO)C(=O)OC(C)(C)C. The van der Waals surface area contributed by atoms with Crippen LogP contribution in [-0.4, -0.2) is 149 Å². The van der Waals surface area contributed by atoms with Crippen molar-refractivity contribution in [3.05, 3.63) is 0 Å². The molecule has 0 radical (unpaired) electrons. The standard InChI is InChI=1S/C16H32O5.C14H28O5.C13H26O5.4CH4/c1-5-6-7-14(15(18)21-16(2,3)4)8-10-19-12-13-20-11-9-17;1-13(2,3)19-12(16)14(4,5)6-8-17-10-11-18-9-7-15;1-11(12(15)18-13(2,3)4)5-7-16-9-10-17-8-6-14;;;;/h14,17H,5-13H2,1-4H3;15H,6-11H2,1-5H3;11,14H,5-10H2,1-4H3;4*1H4. The third kappa shape index (κ3) is 54.2. The molecule has 0 bridgehead atoms. The second-order valence-electron chi connectivity index (χ2n) is 17.4. The lowest BCUT2D eigenvalue weighted by molar-refractivity contribution is -0.167. The van der Waals surface area contributed by atoms with Crippen LogP contribution in [0.4, 0.5) is 0 Å². The van der Waals surface area contributed by atoms with E-state index in [1.54, 1.807) is 0 Å². The van der Waals surface area contributed by atoms with E-state index in [4.69, 9.17) is 58.0 Å². The van der Waals surface area contributed by atoms with Crippen molar-refractivity contribution in [2.45, 2.75) is 175 Å². The van der Waals surface area contributed by atoms with Crippen molar-refractivity contribution >= 4 is 17.9 Å². The van der Waals surface area contributed by atoms with Crippen LogP contribution >= 0.6 is 0 Å². The highest BCUT2D eigenvalue weighted by Gasteiger charge is 2.32. The second-order valence-corrected chi connectivity index (χ2v) is 17.4. The highest BCUT2D eigenvalue weighted by molar-refractivity contribution is 5.76. The van der Waals surface area contributed by atoms with E-state index in [2.05, 4.69) is 6.92 Å². The molecule has 2 atom stereocenters. The normalized spacial score (nSPS) is 12.2. The Morgan fingerprint density at radius 1 is 0.452 bits per heavy atom. The zero-order valence-electron chi connectivity index (χ0n) is 38.7. The molecular weight excluding hydrogens is 805 g/mol. The minimum atomic E-state index is -0.556. The molecule has 3 N–H and O–H groups in total. The zero-order valence-corrected chi connectivity index (χ0v) is 38.7. The van der Waals surface area contributed by atoms with Crippen LogP contribution in [0, 0.1) is 17.3 Å². The van der Waals surface area contributed by atoms with Gasteiger partial charge in [-0.15, -0.1) is 0 Å². The van der Waals surface area contributed by atoms with Crippen molar-refractivity contribution in [1.82, 2.24) is 0 Å². The van der Waals surface area contributed by atoms with Crippen molar-refractivity contribution in [2.24, 2.45) is 17.3 Å². The van der Waals surface area contributed by atoms with E-state index in [0.717, 1.165) is 19.3 Å². The fraction of sp³-hybridized carbons (Fsp3) is 0.936. The molecule has 0 aliphatic rings. The van der Waals surface area contributed by atoms with E-state index in [-0.39, 0.29) is 79.3 Å². The molecule has 0 heterocycles. The van der Waals surface area contributed by atoms with Gasteiger partial charge in [0.05, 0.1) is 96.5 Å². The van der Waals surface area contributed by atoms with Crippen LogP contribution in [0.1, 0.15) is 158 Å². The average molecular weight is 907 g/mol. The lowest BCUT2D eigenvalue weighted by atomic mass is 9.89. The molecule has 0 aromatic carbocycles. The number of rotatable bonds is 30. The molecule has 0 aliphatic carbocycles. The van der Waals surface area contributed by atoms with Gasteiger partial charge in [-0.25, -0.2) is 0 Å². The van der Waals surface area contributed by atoms with E-state index in [0.29, 0.717) is 98.5 Å². The van der Waals surface area contributed by atoms with Gasteiger partial charge in [-0.05, 0) is 102 Å². The Morgan fingerprint density at radius 2 is 0.790 bits per heavy atom. The number of hydrogen-bond donors (Lipinski definition) is 3. The van der Waals surface area contributed by atoms with Gasteiger partial charge in [-0.1, -0.05) is 56.4 Å². The summed E-state index contributed by atoms with van der Waals surface area (Å²) in [5.74, 6) is -0.788. The fourth-order valence-corrected chi connectivity index (χ4v) is 4.23. The van der Waals surface area contributed by atoms with E-state index in [9.17, 15) is 14.4 Å². The molecule has 380 valence electrons. The summed E-state index contributed by atoms with van der Waals surface area (Å²) in [5.41, 5.74) is -1.91. The lowest BCUT2D eigenvalue weighted by Gasteiger charge is -2.28. The molecule has 0 aromatic heterocycles. The predicted molar refractivity (Wildman–Crippen MR) is 250 cm³/mol. The van der Waals surface area contributed by atoms with Gasteiger partial charge in [0.2, 0.25) is 0 Å². The van der Waals surface area contributed by atoms with Crippen LogP contribution in [0.25, 0.3) is 0 Å². The smallest absolute Gasteiger partial charge is 0.312 e. The monoisotopic (exact) mass is 907 g/mol. The van der Waals surface area contributed by atoms with Crippen LogP contribution in [0.2, 0.25) is 0 Å². The van der Waals surface area contributed by atoms with Gasteiger partial charge in [-0.3, -0.25) is 14.4 Å². The maximum Gasteiger partial charge on any atom is 0.312 e. The average Bonchev–Trinajstić information content (AvgIpc) is 3.10. The highest BCUT2D eigenvalue weighted by Crippen LogP contribution is 2.25. The van der Waals surface area contributed by atoms with Crippen molar-refractivity contribution in [3.8, 4) is 0 Å². The topological polar surface area (TPSA) is 195 Å². The first kappa shape index (κ1) is 74.4. The molecule has 0 rings (SSSR count). The van der Waals surface area contributed by atoms with Crippen molar-refractivity contribution in [2.75, 3.05) is 99.1 Å². The predicted octanol–water partition coefficient (Wildman–Crippen LogP) is 8.24. The molecule has 62 heavy (non-hydrogen) atoms. The van der Waals surface area contributed by atoms with E-state index < -0.39 is 22.2 Å². The van der Waals surface area contributed by atoms with Gasteiger partial charge in [-0.2, -0.15) is 0 Å². The van der Waals surface area contributed by atoms with Gasteiger partial charge < -0.3 is 58.0 Å². The second kappa shape index (κ2) is 44.3. The molecule has 2 unspecified atom stereocenters. The Morgan fingerprint density at radius 3 is 1.15 bits per heavy atom. The summed E-state index contributed by atoms with van der Waals surface area (Å²) >= 11 is 0. The number of carbonyl (C=O) groups excluding carboxylic acids is 3. The molecular formula is C47H102O15. The maximum atomic E-state index is 12.1. The number of carbonyl (C=O) groups is 3. The summed E-state index contributed by atoms with van der Waals surface area (Å²) in [6.45, 7) is 29.8. The number of aliphatic hydroxyl groups is 3. The van der Waals surface area contributed by atoms with Gasteiger partial charge in [0, 0.05) is 19.8 Å². The molecule has 0 spiro atoms. The minimum Gasteiger partial charge on any atom is -0.460 e. The highest BCUT2D eigenvalue weighted by atomic mass is 16.6. The summed E-state index contributed by atoms with van der Waals surface area (Å²) in [5, 5.41) is 25.6. The van der Waals surface area contributed by atoms with Crippen molar-refractivity contribution < 1.29 is 72.3 Å². The summed E-state index contributed by atoms with van der Waals surface area (Å²) in [6, 6.07) is 0. The Labute approximate surface area is 380 Å². The van der Waals surface area contributed by atoms with Crippen LogP contribution in [-0.2, 0) is 57.0 Å². The van der Waals surface area contributed by atoms with Gasteiger partial charge >= 0.3 is 17.9 Å². The van der Waals surface area contributed by atoms with Gasteiger partial charge in [0.25, 0.3) is 0 Å². The van der Waals surface area contributed by atoms with E-state index in [1.165, 1.54) is 0 Å². The Hall–Kier alpha value is -1.95. The fourth-order valence-electron chi connectivity index (χ4n) is 4.23. The first-order chi connectivity index (χ1) is 27.0. The van der Waals surface area contributed by atoms with Crippen LogP contribution in [0.15, 0.2) is 0 Å². The maximum absolute atomic E-state index is 12.1. The summed E-state index contributed by atoms with van der Waals surface area (Å²) in [7, 11) is 0. The van der Waals surface area contributed by atoms with Gasteiger partial charge in [0.1, 0.15) is 16.8 Å². The zero-order chi connectivity index (χ0) is 45.1.